The van der Waals surface area contributed by atoms with E-state index in [0.29, 0.717) is 19.5 Å². The lowest BCUT2D eigenvalue weighted by Gasteiger charge is -2.52. The lowest BCUT2D eigenvalue weighted by molar-refractivity contribution is -0.139. The maximum atomic E-state index is 11.9. The van der Waals surface area contributed by atoms with Crippen LogP contribution in [0, 0.1) is 0 Å². The molecule has 1 atom stereocenters. The van der Waals surface area contributed by atoms with Crippen LogP contribution in [0.25, 0.3) is 0 Å². The zero-order valence-electron chi connectivity index (χ0n) is 11.9. The summed E-state index contributed by atoms with van der Waals surface area (Å²) in [5.41, 5.74) is -0.718. The molecule has 2 amide bonds. The summed E-state index contributed by atoms with van der Waals surface area (Å²) in [4.78, 5) is 27.5. The number of likely N-dealkylation sites (tertiary alicyclic amines) is 2. The summed E-state index contributed by atoms with van der Waals surface area (Å²) in [6.45, 7) is 9.39. The predicted octanol–water partition coefficient (Wildman–Crippen LogP) is 1.99. The Labute approximate surface area is 122 Å². The molecule has 0 N–H and O–H groups in total. The van der Waals surface area contributed by atoms with Crippen LogP contribution in [0.2, 0.25) is 0 Å². The molecule has 5 nitrogen and oxygen atoms in total. The van der Waals surface area contributed by atoms with Gasteiger partial charge in [-0.1, -0.05) is 15.9 Å². The summed E-state index contributed by atoms with van der Waals surface area (Å²) in [5, 5.41) is 0. The van der Waals surface area contributed by atoms with Gasteiger partial charge in [0.25, 0.3) is 0 Å². The minimum atomic E-state index is -0.479. The standard InChI is InChI=1S/C13H21BrN2O3/c1-12(2,3)19-11(18)15-7-13(4,8-15)16-6-9(14)5-10(16)17/h9H,5-8H2,1-4H3. The third-order valence-corrected chi connectivity index (χ3v) is 4.06. The Bertz CT molecular complexity index is 399. The number of carbonyl (C=O) groups excluding carboxylic acids is 2. The highest BCUT2D eigenvalue weighted by Gasteiger charge is 2.50. The molecule has 0 saturated carbocycles. The molecule has 2 rings (SSSR count). The number of halogens is 1. The largest absolute Gasteiger partial charge is 0.444 e. The third kappa shape index (κ3) is 3.04. The van der Waals surface area contributed by atoms with Gasteiger partial charge in [-0.3, -0.25) is 4.79 Å². The van der Waals surface area contributed by atoms with Crippen LogP contribution in [0.4, 0.5) is 4.79 Å². The van der Waals surface area contributed by atoms with Gasteiger partial charge in [0, 0.05) is 30.9 Å². The molecule has 2 heterocycles. The summed E-state index contributed by atoms with van der Waals surface area (Å²) in [6.07, 6.45) is 0.245. The fourth-order valence-corrected chi connectivity index (χ4v) is 3.15. The first-order chi connectivity index (χ1) is 8.61. The van der Waals surface area contributed by atoms with Crippen molar-refractivity contribution in [1.82, 2.24) is 9.80 Å². The SMILES string of the molecule is CC(C)(C)OC(=O)N1CC(C)(N2CC(Br)CC2=O)C1. The molecule has 0 aliphatic carbocycles. The Hall–Kier alpha value is -0.780. The maximum Gasteiger partial charge on any atom is 0.410 e. The molecule has 108 valence electrons. The van der Waals surface area contributed by atoms with Crippen molar-refractivity contribution >= 4 is 27.9 Å². The zero-order valence-corrected chi connectivity index (χ0v) is 13.5. The fraction of sp³-hybridized carbons (Fsp3) is 0.846. The number of carbonyl (C=O) groups is 2. The first-order valence-electron chi connectivity index (χ1n) is 6.53. The number of rotatable bonds is 1. The smallest absolute Gasteiger partial charge is 0.410 e. The monoisotopic (exact) mass is 332 g/mol. The normalized spacial score (nSPS) is 26.4. The second kappa shape index (κ2) is 4.65. The van der Waals surface area contributed by atoms with Crippen molar-refractivity contribution in [3.05, 3.63) is 0 Å². The molecule has 2 saturated heterocycles. The minimum absolute atomic E-state index is 0.160. The van der Waals surface area contributed by atoms with E-state index in [1.165, 1.54) is 0 Å². The average molecular weight is 333 g/mol. The quantitative estimate of drug-likeness (QED) is 0.690. The highest BCUT2D eigenvalue weighted by molar-refractivity contribution is 9.09. The second-order valence-corrected chi connectivity index (χ2v) is 7.93. The van der Waals surface area contributed by atoms with Crippen LogP contribution in [-0.2, 0) is 9.53 Å². The van der Waals surface area contributed by atoms with Gasteiger partial charge in [-0.05, 0) is 27.7 Å². The number of nitrogens with zero attached hydrogens (tertiary/aromatic N) is 2. The molecule has 2 aliphatic rings. The first-order valence-corrected chi connectivity index (χ1v) is 7.45. The number of hydrogen-bond acceptors (Lipinski definition) is 3. The molecular weight excluding hydrogens is 312 g/mol. The van der Waals surface area contributed by atoms with Crippen molar-refractivity contribution < 1.29 is 14.3 Å². The molecule has 0 spiro atoms. The second-order valence-electron chi connectivity index (χ2n) is 6.64. The van der Waals surface area contributed by atoms with E-state index in [2.05, 4.69) is 15.9 Å². The molecule has 0 aromatic carbocycles. The maximum absolute atomic E-state index is 11.9. The number of amides is 2. The summed E-state index contributed by atoms with van der Waals surface area (Å²) in [5.74, 6) is 0.160. The van der Waals surface area contributed by atoms with Gasteiger partial charge in [-0.25, -0.2) is 4.79 Å². The van der Waals surface area contributed by atoms with Gasteiger partial charge in [-0.15, -0.1) is 0 Å². The third-order valence-electron chi connectivity index (χ3n) is 3.44. The van der Waals surface area contributed by atoms with Gasteiger partial charge < -0.3 is 14.5 Å². The van der Waals surface area contributed by atoms with Crippen LogP contribution in [0.5, 0.6) is 0 Å². The Morgan fingerprint density at radius 3 is 2.42 bits per heavy atom. The predicted molar refractivity (Wildman–Crippen MR) is 75.3 cm³/mol. The van der Waals surface area contributed by atoms with Gasteiger partial charge >= 0.3 is 6.09 Å². The van der Waals surface area contributed by atoms with Crippen LogP contribution < -0.4 is 0 Å². The van der Waals surface area contributed by atoms with Crippen molar-refractivity contribution in [2.45, 2.75) is 50.1 Å². The molecular formula is C13H21BrN2O3. The summed E-state index contributed by atoms with van der Waals surface area (Å²) < 4.78 is 5.32. The molecule has 0 aromatic rings. The zero-order chi connectivity index (χ0) is 14.4. The van der Waals surface area contributed by atoms with Crippen LogP contribution >= 0.6 is 15.9 Å². The Kier molecular flexibility index (Phi) is 3.58. The topological polar surface area (TPSA) is 49.9 Å². The number of ether oxygens (including phenoxy) is 1. The van der Waals surface area contributed by atoms with Crippen molar-refractivity contribution in [2.75, 3.05) is 19.6 Å². The molecule has 0 bridgehead atoms. The Morgan fingerprint density at radius 1 is 1.42 bits per heavy atom. The highest BCUT2D eigenvalue weighted by atomic mass is 79.9. The Balaban J connectivity index is 1.91. The van der Waals surface area contributed by atoms with Gasteiger partial charge in [0.15, 0.2) is 0 Å². The van der Waals surface area contributed by atoms with Gasteiger partial charge in [0.1, 0.15) is 5.60 Å². The van der Waals surface area contributed by atoms with Gasteiger partial charge in [0.2, 0.25) is 5.91 Å². The van der Waals surface area contributed by atoms with Crippen molar-refractivity contribution in [2.24, 2.45) is 0 Å². The van der Waals surface area contributed by atoms with E-state index in [9.17, 15) is 9.59 Å². The van der Waals surface area contributed by atoms with Crippen molar-refractivity contribution in [3.8, 4) is 0 Å². The van der Waals surface area contributed by atoms with Crippen LogP contribution in [0.1, 0.15) is 34.1 Å². The minimum Gasteiger partial charge on any atom is -0.444 e. The lowest BCUT2D eigenvalue weighted by atomic mass is 9.90. The summed E-state index contributed by atoms with van der Waals surface area (Å²) in [7, 11) is 0. The van der Waals surface area contributed by atoms with Crippen LogP contribution in [0.15, 0.2) is 0 Å². The lowest BCUT2D eigenvalue weighted by Crippen LogP contribution is -2.70. The molecule has 0 radical (unpaired) electrons. The molecule has 2 fully saturated rings. The first kappa shape index (κ1) is 14.6. The van der Waals surface area contributed by atoms with Gasteiger partial charge in [0.05, 0.1) is 5.54 Å². The fourth-order valence-electron chi connectivity index (χ4n) is 2.59. The number of alkyl halides is 1. The van der Waals surface area contributed by atoms with E-state index < -0.39 is 5.60 Å². The summed E-state index contributed by atoms with van der Waals surface area (Å²) in [6, 6.07) is 0. The average Bonchev–Trinajstić information content (AvgIpc) is 2.50. The Morgan fingerprint density at radius 2 is 2.00 bits per heavy atom. The van der Waals surface area contributed by atoms with Crippen LogP contribution in [0.3, 0.4) is 0 Å². The van der Waals surface area contributed by atoms with E-state index in [1.54, 1.807) is 4.90 Å². The number of hydrogen-bond donors (Lipinski definition) is 0. The molecule has 19 heavy (non-hydrogen) atoms. The van der Waals surface area contributed by atoms with E-state index in [1.807, 2.05) is 32.6 Å². The molecule has 6 heteroatoms. The highest BCUT2D eigenvalue weighted by Crippen LogP contribution is 2.33. The van der Waals surface area contributed by atoms with Gasteiger partial charge in [-0.2, -0.15) is 0 Å². The molecule has 0 aromatic heterocycles. The van der Waals surface area contributed by atoms with Crippen LogP contribution in [-0.4, -0.2) is 57.4 Å². The van der Waals surface area contributed by atoms with Crippen molar-refractivity contribution in [1.29, 1.82) is 0 Å². The summed E-state index contributed by atoms with van der Waals surface area (Å²) >= 11 is 3.48. The molecule has 1 unspecified atom stereocenters. The molecule has 2 aliphatic heterocycles. The van der Waals surface area contributed by atoms with E-state index >= 15 is 0 Å². The van der Waals surface area contributed by atoms with E-state index in [0.717, 1.165) is 6.54 Å². The van der Waals surface area contributed by atoms with Crippen molar-refractivity contribution in [3.63, 3.8) is 0 Å². The van der Waals surface area contributed by atoms with E-state index in [4.69, 9.17) is 4.74 Å². The van der Waals surface area contributed by atoms with E-state index in [-0.39, 0.29) is 22.4 Å².